The Morgan fingerprint density at radius 2 is 2.00 bits per heavy atom. The number of nitriles is 1. The van der Waals surface area contributed by atoms with Crippen molar-refractivity contribution in [3.63, 3.8) is 0 Å². The van der Waals surface area contributed by atoms with Gasteiger partial charge in [0.05, 0.1) is 21.5 Å². The number of sulfonamides is 1. The Labute approximate surface area is 185 Å². The first kappa shape index (κ1) is 22.8. The third-order valence-electron chi connectivity index (χ3n) is 4.53. The van der Waals surface area contributed by atoms with Gasteiger partial charge in [-0.15, -0.1) is 10.2 Å². The quantitative estimate of drug-likeness (QED) is 0.499. The molecule has 8 nitrogen and oxygen atoms in total. The van der Waals surface area contributed by atoms with Crippen molar-refractivity contribution in [1.29, 1.82) is 5.26 Å². The van der Waals surface area contributed by atoms with Crippen LogP contribution in [0.5, 0.6) is 0 Å². The van der Waals surface area contributed by atoms with Crippen LogP contribution in [0.4, 0.5) is 22.0 Å². The SMILES string of the molecule is N#CC1(NS(=O)(=O)c2cc(Cl)c3c(c2)c(-c2nnc(C(F)F)s2)nn3CC(F)(F)F)CC1. The Balaban J connectivity index is 1.91. The van der Waals surface area contributed by atoms with Crippen LogP contribution in [0.25, 0.3) is 21.6 Å². The maximum Gasteiger partial charge on any atom is 0.408 e. The summed E-state index contributed by atoms with van der Waals surface area (Å²) in [5.41, 5.74) is -1.79. The first-order valence-electron chi connectivity index (χ1n) is 8.68. The lowest BCUT2D eigenvalue weighted by Gasteiger charge is -2.12. The van der Waals surface area contributed by atoms with Gasteiger partial charge in [-0.1, -0.05) is 22.9 Å². The molecule has 2 aromatic heterocycles. The van der Waals surface area contributed by atoms with E-state index >= 15 is 0 Å². The molecule has 1 fully saturated rings. The number of fused-ring (bicyclic) bond motifs is 1. The average Bonchev–Trinajstić information content (AvgIpc) is 3.10. The molecular weight excluding hydrogens is 503 g/mol. The van der Waals surface area contributed by atoms with Crippen LogP contribution in [0.3, 0.4) is 0 Å². The van der Waals surface area contributed by atoms with E-state index in [0.29, 0.717) is 28.9 Å². The van der Waals surface area contributed by atoms with E-state index in [1.807, 2.05) is 6.07 Å². The fourth-order valence-electron chi connectivity index (χ4n) is 2.94. The number of benzene rings is 1. The molecule has 2 heterocycles. The minimum Gasteiger partial charge on any atom is -0.253 e. The number of halogens is 6. The smallest absolute Gasteiger partial charge is 0.253 e. The van der Waals surface area contributed by atoms with Gasteiger partial charge in [0.25, 0.3) is 6.43 Å². The molecule has 32 heavy (non-hydrogen) atoms. The second kappa shape index (κ2) is 7.58. The highest BCUT2D eigenvalue weighted by molar-refractivity contribution is 7.89. The molecule has 0 atom stereocenters. The second-order valence-electron chi connectivity index (χ2n) is 6.97. The minimum absolute atomic E-state index is 0.152. The van der Waals surface area contributed by atoms with Crippen molar-refractivity contribution in [3.05, 3.63) is 22.2 Å². The lowest BCUT2D eigenvalue weighted by molar-refractivity contribution is -0.141. The predicted molar refractivity (Wildman–Crippen MR) is 103 cm³/mol. The van der Waals surface area contributed by atoms with E-state index in [1.54, 1.807) is 0 Å². The van der Waals surface area contributed by atoms with Crippen molar-refractivity contribution < 1.29 is 30.4 Å². The van der Waals surface area contributed by atoms with Gasteiger partial charge in [0.2, 0.25) is 10.0 Å². The topological polar surface area (TPSA) is 114 Å². The summed E-state index contributed by atoms with van der Waals surface area (Å²) in [6, 6.07) is 3.80. The van der Waals surface area contributed by atoms with Crippen LogP contribution < -0.4 is 4.72 Å². The molecule has 16 heteroatoms. The number of nitrogens with zero attached hydrogens (tertiary/aromatic N) is 5. The Morgan fingerprint density at radius 1 is 1.31 bits per heavy atom. The molecule has 0 saturated heterocycles. The van der Waals surface area contributed by atoms with E-state index in [-0.39, 0.29) is 26.6 Å². The van der Waals surface area contributed by atoms with Gasteiger partial charge in [0.15, 0.2) is 10.0 Å². The molecule has 1 N–H and O–H groups in total. The first-order chi connectivity index (χ1) is 14.8. The summed E-state index contributed by atoms with van der Waals surface area (Å²) in [4.78, 5) is -0.428. The van der Waals surface area contributed by atoms with Crippen molar-refractivity contribution >= 4 is 43.9 Å². The normalized spacial score (nSPS) is 15.9. The fraction of sp³-hybridized carbons (Fsp3) is 0.375. The summed E-state index contributed by atoms with van der Waals surface area (Å²) < 4.78 is 93.3. The van der Waals surface area contributed by atoms with Crippen molar-refractivity contribution in [2.24, 2.45) is 0 Å². The van der Waals surface area contributed by atoms with Crippen molar-refractivity contribution in [3.8, 4) is 16.8 Å². The Bertz CT molecular complexity index is 1360. The summed E-state index contributed by atoms with van der Waals surface area (Å²) in [7, 11) is -4.28. The molecule has 3 aromatic rings. The number of alkyl halides is 5. The Morgan fingerprint density at radius 3 is 2.53 bits per heavy atom. The van der Waals surface area contributed by atoms with E-state index in [0.717, 1.165) is 12.1 Å². The summed E-state index contributed by atoms with van der Waals surface area (Å²) >= 11 is 6.54. The van der Waals surface area contributed by atoms with Gasteiger partial charge >= 0.3 is 6.18 Å². The molecular formula is C16H10ClF5N6O2S2. The van der Waals surface area contributed by atoms with Gasteiger partial charge in [0, 0.05) is 5.39 Å². The molecule has 0 amide bonds. The van der Waals surface area contributed by atoms with Gasteiger partial charge in [-0.3, -0.25) is 4.68 Å². The predicted octanol–water partition coefficient (Wildman–Crippen LogP) is 4.04. The molecule has 0 unspecified atom stereocenters. The third-order valence-corrected chi connectivity index (χ3v) is 7.28. The molecule has 0 bridgehead atoms. The standard InChI is InChI=1S/C16H10ClF5N6O2S2/c17-9-4-7(32(29,30)27-15(5-23)1-2-15)3-8-10(13-24-25-14(31-13)12(18)19)26-28(11(8)9)6-16(20,21)22/h3-4,12,27H,1-2,6H2. The molecule has 0 aliphatic heterocycles. The summed E-state index contributed by atoms with van der Waals surface area (Å²) in [5.74, 6) is 0. The highest BCUT2D eigenvalue weighted by Gasteiger charge is 2.47. The summed E-state index contributed by atoms with van der Waals surface area (Å²) in [5, 5.41) is 18.4. The molecule has 1 saturated carbocycles. The zero-order valence-corrected chi connectivity index (χ0v) is 17.9. The molecule has 0 spiro atoms. The fourth-order valence-corrected chi connectivity index (χ4v) is 5.44. The second-order valence-corrected chi connectivity index (χ2v) is 10.1. The number of nitrogens with one attached hydrogen (secondary N) is 1. The Hall–Kier alpha value is -2.41. The zero-order valence-electron chi connectivity index (χ0n) is 15.5. The summed E-state index contributed by atoms with van der Waals surface area (Å²) in [6.45, 7) is -1.56. The maximum absolute atomic E-state index is 13.1. The maximum atomic E-state index is 13.1. The van der Waals surface area contributed by atoms with Crippen LogP contribution in [-0.4, -0.2) is 40.1 Å². The number of aromatic nitrogens is 4. The molecule has 1 aromatic carbocycles. The van der Waals surface area contributed by atoms with Gasteiger partial charge in [-0.25, -0.2) is 17.2 Å². The number of rotatable bonds is 6. The van der Waals surface area contributed by atoms with E-state index in [4.69, 9.17) is 16.9 Å². The van der Waals surface area contributed by atoms with E-state index in [1.165, 1.54) is 0 Å². The van der Waals surface area contributed by atoms with Gasteiger partial charge in [-0.05, 0) is 25.0 Å². The number of hydrogen-bond donors (Lipinski definition) is 1. The third kappa shape index (κ3) is 4.27. The average molecular weight is 513 g/mol. The van der Waals surface area contributed by atoms with E-state index in [9.17, 15) is 30.4 Å². The van der Waals surface area contributed by atoms with Crippen LogP contribution in [0.2, 0.25) is 5.02 Å². The Kier molecular flexibility index (Phi) is 5.39. The van der Waals surface area contributed by atoms with Gasteiger partial charge < -0.3 is 0 Å². The van der Waals surface area contributed by atoms with Crippen molar-refractivity contribution in [1.82, 2.24) is 24.7 Å². The highest BCUT2D eigenvalue weighted by atomic mass is 35.5. The van der Waals surface area contributed by atoms with Crippen LogP contribution in [-0.2, 0) is 16.6 Å². The monoisotopic (exact) mass is 512 g/mol. The van der Waals surface area contributed by atoms with Gasteiger partial charge in [-0.2, -0.15) is 28.3 Å². The summed E-state index contributed by atoms with van der Waals surface area (Å²) in [6.07, 6.45) is -7.07. The number of hydrogen-bond acceptors (Lipinski definition) is 7. The van der Waals surface area contributed by atoms with Crippen LogP contribution >= 0.6 is 22.9 Å². The van der Waals surface area contributed by atoms with Crippen LogP contribution in [0.1, 0.15) is 24.3 Å². The van der Waals surface area contributed by atoms with Crippen LogP contribution in [0, 0.1) is 11.3 Å². The van der Waals surface area contributed by atoms with E-state index in [2.05, 4.69) is 20.0 Å². The van der Waals surface area contributed by atoms with Crippen molar-refractivity contribution in [2.45, 2.75) is 42.4 Å². The lowest BCUT2D eigenvalue weighted by Crippen LogP contribution is -2.35. The minimum atomic E-state index is -4.70. The molecule has 1 aliphatic carbocycles. The highest BCUT2D eigenvalue weighted by Crippen LogP contribution is 2.40. The molecule has 0 radical (unpaired) electrons. The molecule has 170 valence electrons. The van der Waals surface area contributed by atoms with Crippen molar-refractivity contribution in [2.75, 3.05) is 0 Å². The largest absolute Gasteiger partial charge is 0.408 e. The zero-order chi connectivity index (χ0) is 23.5. The molecule has 1 aliphatic rings. The van der Waals surface area contributed by atoms with E-state index < -0.39 is 44.6 Å². The van der Waals surface area contributed by atoms with Crippen LogP contribution in [0.15, 0.2) is 17.0 Å². The molecule has 4 rings (SSSR count). The first-order valence-corrected chi connectivity index (χ1v) is 11.4. The lowest BCUT2D eigenvalue weighted by atomic mass is 10.2. The van der Waals surface area contributed by atoms with Gasteiger partial charge in [0.1, 0.15) is 17.8 Å².